The minimum atomic E-state index is -0.224. The monoisotopic (exact) mass is 264 g/mol. The van der Waals surface area contributed by atoms with Crippen LogP contribution in [0.15, 0.2) is 23.0 Å². The molecule has 1 aromatic heterocycles. The number of hydrogen-bond donors (Lipinski definition) is 1. The van der Waals surface area contributed by atoms with Crippen molar-refractivity contribution >= 4 is 27.8 Å². The van der Waals surface area contributed by atoms with Gasteiger partial charge in [0.25, 0.3) is 5.56 Å². The molecule has 0 spiro atoms. The van der Waals surface area contributed by atoms with Crippen LogP contribution in [0.25, 0.3) is 10.9 Å². The van der Waals surface area contributed by atoms with Gasteiger partial charge < -0.3 is 9.72 Å². The number of fused-ring (bicyclic) bond motifs is 1. The molecule has 0 bridgehead atoms. The highest BCUT2D eigenvalue weighted by Gasteiger charge is 2.08. The summed E-state index contributed by atoms with van der Waals surface area (Å²) in [4.78, 5) is 29.8. The highest BCUT2D eigenvalue weighted by molar-refractivity contribution is 8.12. The molecular weight excluding hydrogens is 252 g/mol. The van der Waals surface area contributed by atoms with E-state index in [1.807, 2.05) is 0 Å². The van der Waals surface area contributed by atoms with Crippen LogP contribution in [0, 0.1) is 0 Å². The van der Waals surface area contributed by atoms with Gasteiger partial charge in [0.2, 0.25) is 0 Å². The summed E-state index contributed by atoms with van der Waals surface area (Å²) >= 11 is 1.10. The molecule has 2 rings (SSSR count). The number of ether oxygens (including phenoxy) is 1. The molecule has 0 aliphatic rings. The number of para-hydroxylation sites is 1. The summed E-state index contributed by atoms with van der Waals surface area (Å²) in [7, 11) is 1.53. The summed E-state index contributed by atoms with van der Waals surface area (Å²) in [5, 5.41) is 0.462. The number of H-pyrrole nitrogens is 1. The summed E-state index contributed by atoms with van der Waals surface area (Å²) in [6.07, 6.45) is 0. The van der Waals surface area contributed by atoms with Crippen molar-refractivity contribution in [2.45, 2.75) is 12.7 Å². The first-order valence-electron chi connectivity index (χ1n) is 5.31. The molecule has 0 radical (unpaired) electrons. The van der Waals surface area contributed by atoms with Gasteiger partial charge >= 0.3 is 0 Å². The van der Waals surface area contributed by atoms with Gasteiger partial charge in [0.05, 0.1) is 18.2 Å². The first-order valence-corrected chi connectivity index (χ1v) is 6.29. The van der Waals surface area contributed by atoms with Crippen molar-refractivity contribution < 1.29 is 9.53 Å². The third kappa shape index (κ3) is 2.53. The van der Waals surface area contributed by atoms with E-state index in [1.165, 1.54) is 14.0 Å². The van der Waals surface area contributed by atoms with Crippen molar-refractivity contribution in [1.82, 2.24) is 9.97 Å². The van der Waals surface area contributed by atoms with Crippen molar-refractivity contribution in [2.75, 3.05) is 7.11 Å². The van der Waals surface area contributed by atoms with E-state index >= 15 is 0 Å². The number of carbonyl (C=O) groups is 1. The second-order valence-corrected chi connectivity index (χ2v) is 4.80. The van der Waals surface area contributed by atoms with Crippen molar-refractivity contribution in [3.8, 4) is 5.75 Å². The summed E-state index contributed by atoms with van der Waals surface area (Å²) < 4.78 is 5.17. The topological polar surface area (TPSA) is 72.1 Å². The Morgan fingerprint density at radius 3 is 2.94 bits per heavy atom. The number of rotatable bonds is 3. The molecule has 18 heavy (non-hydrogen) atoms. The molecule has 1 heterocycles. The number of nitrogens with one attached hydrogen (secondary N) is 1. The van der Waals surface area contributed by atoms with Crippen molar-refractivity contribution in [1.29, 1.82) is 0 Å². The van der Waals surface area contributed by atoms with Crippen LogP contribution < -0.4 is 10.3 Å². The Morgan fingerprint density at radius 2 is 2.28 bits per heavy atom. The molecule has 5 nitrogen and oxygen atoms in total. The molecule has 0 saturated carbocycles. The maximum Gasteiger partial charge on any atom is 0.258 e. The quantitative estimate of drug-likeness (QED) is 0.913. The Balaban J connectivity index is 2.52. The summed E-state index contributed by atoms with van der Waals surface area (Å²) in [6.45, 7) is 1.48. The van der Waals surface area contributed by atoms with Gasteiger partial charge in [-0.1, -0.05) is 17.8 Å². The van der Waals surface area contributed by atoms with E-state index in [9.17, 15) is 9.59 Å². The van der Waals surface area contributed by atoms with Crippen LogP contribution >= 0.6 is 11.8 Å². The molecule has 0 saturated heterocycles. The number of hydrogen-bond acceptors (Lipinski definition) is 5. The lowest BCUT2D eigenvalue weighted by atomic mass is 10.2. The third-order valence-corrected chi connectivity index (χ3v) is 3.20. The lowest BCUT2D eigenvalue weighted by Gasteiger charge is -2.05. The highest BCUT2D eigenvalue weighted by Crippen LogP contribution is 2.21. The summed E-state index contributed by atoms with van der Waals surface area (Å²) in [5.74, 6) is 1.36. The Kier molecular flexibility index (Phi) is 3.66. The Hall–Kier alpha value is -1.82. The molecular formula is C12H12N2O3S. The maximum atomic E-state index is 11.9. The van der Waals surface area contributed by atoms with Crippen molar-refractivity contribution in [2.24, 2.45) is 0 Å². The van der Waals surface area contributed by atoms with Gasteiger partial charge in [-0.2, -0.15) is 0 Å². The number of thioether (sulfide) groups is 1. The molecule has 2 aromatic rings. The van der Waals surface area contributed by atoms with Gasteiger partial charge in [0, 0.05) is 6.92 Å². The standard InChI is InChI=1S/C12H12N2O3S/c1-7(15)18-6-10-13-11-8(12(16)14-10)4-3-5-9(11)17-2/h3-5H,6H2,1-2H3,(H,13,14,16). The average Bonchev–Trinajstić information content (AvgIpc) is 2.36. The molecule has 1 aromatic carbocycles. The van der Waals surface area contributed by atoms with Crippen LogP contribution in [-0.2, 0) is 10.5 Å². The van der Waals surface area contributed by atoms with Crippen LogP contribution in [0.2, 0.25) is 0 Å². The fourth-order valence-electron chi connectivity index (χ4n) is 1.59. The number of methoxy groups -OCH3 is 1. The van der Waals surface area contributed by atoms with Gasteiger partial charge in [-0.05, 0) is 12.1 Å². The molecule has 0 fully saturated rings. The molecule has 0 atom stereocenters. The highest BCUT2D eigenvalue weighted by atomic mass is 32.2. The number of carbonyl (C=O) groups excluding carboxylic acids is 1. The molecule has 0 unspecified atom stereocenters. The SMILES string of the molecule is COc1cccc2c(=O)[nH]c(CSC(C)=O)nc12. The van der Waals surface area contributed by atoms with Crippen molar-refractivity contribution in [3.05, 3.63) is 34.4 Å². The van der Waals surface area contributed by atoms with Gasteiger partial charge in [-0.3, -0.25) is 9.59 Å². The van der Waals surface area contributed by atoms with E-state index < -0.39 is 0 Å². The Labute approximate surface area is 108 Å². The van der Waals surface area contributed by atoms with Crippen LogP contribution in [0.5, 0.6) is 5.75 Å². The zero-order chi connectivity index (χ0) is 13.1. The molecule has 1 N–H and O–H groups in total. The van der Waals surface area contributed by atoms with E-state index in [0.29, 0.717) is 28.2 Å². The first kappa shape index (κ1) is 12.6. The first-order chi connectivity index (χ1) is 8.61. The third-order valence-electron chi connectivity index (χ3n) is 2.38. The van der Waals surface area contributed by atoms with E-state index in [-0.39, 0.29) is 10.7 Å². The minimum Gasteiger partial charge on any atom is -0.494 e. The molecule has 94 valence electrons. The van der Waals surface area contributed by atoms with Crippen LogP contribution in [0.3, 0.4) is 0 Å². The lowest BCUT2D eigenvalue weighted by molar-refractivity contribution is -0.109. The smallest absolute Gasteiger partial charge is 0.258 e. The van der Waals surface area contributed by atoms with E-state index in [1.54, 1.807) is 18.2 Å². The summed E-state index contributed by atoms with van der Waals surface area (Å²) in [6, 6.07) is 5.17. The zero-order valence-corrected chi connectivity index (χ0v) is 10.8. The number of nitrogens with zero attached hydrogens (tertiary/aromatic N) is 1. The fourth-order valence-corrected chi connectivity index (χ4v) is 2.06. The van der Waals surface area contributed by atoms with Gasteiger partial charge in [0.1, 0.15) is 17.1 Å². The number of aromatic nitrogens is 2. The second kappa shape index (κ2) is 5.22. The predicted octanol–water partition coefficient (Wildman–Crippen LogP) is 1.71. The maximum absolute atomic E-state index is 11.9. The molecule has 0 aliphatic carbocycles. The normalized spacial score (nSPS) is 10.6. The second-order valence-electron chi connectivity index (χ2n) is 3.65. The lowest BCUT2D eigenvalue weighted by Crippen LogP contribution is -2.12. The minimum absolute atomic E-state index is 0.0160. The predicted molar refractivity (Wildman–Crippen MR) is 70.9 cm³/mol. The Bertz CT molecular complexity index is 651. The van der Waals surface area contributed by atoms with E-state index in [2.05, 4.69) is 9.97 Å². The van der Waals surface area contributed by atoms with Crippen LogP contribution in [0.1, 0.15) is 12.7 Å². The van der Waals surface area contributed by atoms with Crippen LogP contribution in [-0.4, -0.2) is 22.2 Å². The van der Waals surface area contributed by atoms with Gasteiger partial charge in [-0.25, -0.2) is 4.98 Å². The molecule has 0 amide bonds. The summed E-state index contributed by atoms with van der Waals surface area (Å²) in [5.41, 5.74) is 0.293. The largest absolute Gasteiger partial charge is 0.494 e. The Morgan fingerprint density at radius 1 is 1.50 bits per heavy atom. The molecule has 6 heteroatoms. The van der Waals surface area contributed by atoms with Crippen LogP contribution in [0.4, 0.5) is 0 Å². The van der Waals surface area contributed by atoms with Gasteiger partial charge in [-0.15, -0.1) is 0 Å². The zero-order valence-electron chi connectivity index (χ0n) is 10.0. The number of benzene rings is 1. The van der Waals surface area contributed by atoms with Gasteiger partial charge in [0.15, 0.2) is 5.12 Å². The fraction of sp³-hybridized carbons (Fsp3) is 0.250. The average molecular weight is 264 g/mol. The number of aromatic amines is 1. The van der Waals surface area contributed by atoms with E-state index in [0.717, 1.165) is 11.8 Å². The van der Waals surface area contributed by atoms with E-state index in [4.69, 9.17) is 4.74 Å². The molecule has 0 aliphatic heterocycles. The van der Waals surface area contributed by atoms with Crippen molar-refractivity contribution in [3.63, 3.8) is 0 Å².